The van der Waals surface area contributed by atoms with Crippen molar-refractivity contribution in [2.24, 2.45) is 0 Å². The zero-order valence-corrected chi connectivity index (χ0v) is 15.9. The van der Waals surface area contributed by atoms with E-state index in [2.05, 4.69) is 44.7 Å². The zero-order valence-electron chi connectivity index (χ0n) is 15.9. The second-order valence-corrected chi connectivity index (χ2v) is 7.43. The number of hydrogen-bond donors (Lipinski definition) is 2. The van der Waals surface area contributed by atoms with Gasteiger partial charge in [-0.15, -0.1) is 0 Å². The monoisotopic (exact) mass is 364 g/mol. The number of fused-ring (bicyclic) bond motifs is 1. The van der Waals surface area contributed by atoms with Crippen molar-refractivity contribution in [3.63, 3.8) is 0 Å². The molecule has 0 atom stereocenters. The number of rotatable bonds is 4. The normalized spacial score (nSPS) is 17.1. The molecular formula is C21H24N4O2. The van der Waals surface area contributed by atoms with Crippen LogP contribution in [0.25, 0.3) is 22.0 Å². The average molecular weight is 364 g/mol. The predicted octanol–water partition coefficient (Wildman–Crippen LogP) is 2.95. The standard InChI is InChI=1S/C21H24N4O2/c1-21(2)20(26)22-8-9-25(21)13-17-12-23-24-19(17)16-5-4-15-11-18(27-3)7-6-14(15)10-16/h4-7,10-12H,8-9,13H2,1-3H3,(H,22,26)(H,23,24). The van der Waals surface area contributed by atoms with Gasteiger partial charge in [0.05, 0.1) is 24.5 Å². The van der Waals surface area contributed by atoms with Gasteiger partial charge in [-0.25, -0.2) is 0 Å². The summed E-state index contributed by atoms with van der Waals surface area (Å²) in [6.07, 6.45) is 1.86. The van der Waals surface area contributed by atoms with Crippen LogP contribution in [0.5, 0.6) is 5.75 Å². The Morgan fingerprint density at radius 2 is 1.96 bits per heavy atom. The SMILES string of the molecule is COc1ccc2cc(-c3[nH]ncc3CN3CCNC(=O)C3(C)C)ccc2c1. The van der Waals surface area contributed by atoms with Crippen molar-refractivity contribution in [1.82, 2.24) is 20.4 Å². The number of nitrogens with one attached hydrogen (secondary N) is 2. The first-order chi connectivity index (χ1) is 13.0. The number of piperazine rings is 1. The Kier molecular flexibility index (Phi) is 4.36. The topological polar surface area (TPSA) is 70.2 Å². The number of carbonyl (C=O) groups excluding carboxylic acids is 1. The lowest BCUT2D eigenvalue weighted by molar-refractivity contribution is -0.135. The first kappa shape index (κ1) is 17.5. The maximum atomic E-state index is 12.2. The molecule has 1 aliphatic rings. The highest BCUT2D eigenvalue weighted by molar-refractivity contribution is 5.88. The molecule has 1 saturated heterocycles. The molecule has 0 radical (unpaired) electrons. The van der Waals surface area contributed by atoms with E-state index in [4.69, 9.17) is 4.74 Å². The molecule has 2 aromatic carbocycles. The van der Waals surface area contributed by atoms with E-state index in [0.717, 1.165) is 39.9 Å². The van der Waals surface area contributed by atoms with Gasteiger partial charge in [-0.3, -0.25) is 14.8 Å². The third kappa shape index (κ3) is 3.17. The van der Waals surface area contributed by atoms with E-state index >= 15 is 0 Å². The first-order valence-electron chi connectivity index (χ1n) is 9.13. The van der Waals surface area contributed by atoms with Gasteiger partial charge in [0, 0.05) is 30.8 Å². The molecule has 6 nitrogen and oxygen atoms in total. The van der Waals surface area contributed by atoms with Crippen molar-refractivity contribution in [2.45, 2.75) is 25.9 Å². The third-order valence-electron chi connectivity index (χ3n) is 5.43. The molecule has 1 amide bonds. The molecule has 0 unspecified atom stereocenters. The molecule has 4 rings (SSSR count). The van der Waals surface area contributed by atoms with Gasteiger partial charge in [0.1, 0.15) is 5.75 Å². The minimum atomic E-state index is -0.535. The average Bonchev–Trinajstić information content (AvgIpc) is 3.13. The number of H-pyrrole nitrogens is 1. The first-order valence-corrected chi connectivity index (χ1v) is 9.13. The second-order valence-electron chi connectivity index (χ2n) is 7.43. The van der Waals surface area contributed by atoms with Crippen LogP contribution in [0, 0.1) is 0 Å². The van der Waals surface area contributed by atoms with E-state index in [1.165, 1.54) is 0 Å². The van der Waals surface area contributed by atoms with Gasteiger partial charge >= 0.3 is 0 Å². The molecule has 27 heavy (non-hydrogen) atoms. The van der Waals surface area contributed by atoms with Crippen molar-refractivity contribution in [3.05, 3.63) is 48.2 Å². The van der Waals surface area contributed by atoms with Crippen LogP contribution in [0.1, 0.15) is 19.4 Å². The quantitative estimate of drug-likeness (QED) is 0.747. The lowest BCUT2D eigenvalue weighted by Gasteiger charge is -2.41. The number of nitrogens with zero attached hydrogens (tertiary/aromatic N) is 2. The van der Waals surface area contributed by atoms with E-state index in [1.54, 1.807) is 7.11 Å². The Bertz CT molecular complexity index is 993. The van der Waals surface area contributed by atoms with Gasteiger partial charge in [0.2, 0.25) is 5.91 Å². The van der Waals surface area contributed by atoms with Crippen LogP contribution in [0.4, 0.5) is 0 Å². The van der Waals surface area contributed by atoms with E-state index in [1.807, 2.05) is 32.2 Å². The van der Waals surface area contributed by atoms with Crippen LogP contribution in [-0.2, 0) is 11.3 Å². The fourth-order valence-corrected chi connectivity index (χ4v) is 3.61. The largest absolute Gasteiger partial charge is 0.497 e. The number of carbonyl (C=O) groups is 1. The summed E-state index contributed by atoms with van der Waals surface area (Å²) in [5.74, 6) is 0.918. The van der Waals surface area contributed by atoms with Crippen LogP contribution in [0.15, 0.2) is 42.6 Å². The smallest absolute Gasteiger partial charge is 0.240 e. The van der Waals surface area contributed by atoms with Crippen LogP contribution >= 0.6 is 0 Å². The summed E-state index contributed by atoms with van der Waals surface area (Å²) in [5, 5.41) is 12.6. The van der Waals surface area contributed by atoms with Crippen molar-refractivity contribution in [1.29, 1.82) is 0 Å². The minimum Gasteiger partial charge on any atom is -0.497 e. The van der Waals surface area contributed by atoms with Crippen molar-refractivity contribution >= 4 is 16.7 Å². The summed E-state index contributed by atoms with van der Waals surface area (Å²) in [4.78, 5) is 14.4. The van der Waals surface area contributed by atoms with Crippen LogP contribution in [0.2, 0.25) is 0 Å². The number of hydrogen-bond acceptors (Lipinski definition) is 4. The van der Waals surface area contributed by atoms with Crippen LogP contribution < -0.4 is 10.1 Å². The van der Waals surface area contributed by atoms with Gasteiger partial charge in [-0.05, 0) is 42.8 Å². The molecule has 3 aromatic rings. The van der Waals surface area contributed by atoms with Gasteiger partial charge in [-0.1, -0.05) is 18.2 Å². The van der Waals surface area contributed by atoms with Crippen molar-refractivity contribution in [2.75, 3.05) is 20.2 Å². The molecule has 2 N–H and O–H groups in total. The Morgan fingerprint density at radius 1 is 1.19 bits per heavy atom. The molecule has 1 aliphatic heterocycles. The number of aromatic amines is 1. The summed E-state index contributed by atoms with van der Waals surface area (Å²) in [7, 11) is 1.68. The van der Waals surface area contributed by atoms with E-state index in [0.29, 0.717) is 13.1 Å². The lowest BCUT2D eigenvalue weighted by atomic mass is 9.97. The van der Waals surface area contributed by atoms with Gasteiger partial charge < -0.3 is 10.1 Å². The Hall–Kier alpha value is -2.86. The van der Waals surface area contributed by atoms with E-state index < -0.39 is 5.54 Å². The number of aromatic nitrogens is 2. The molecular weight excluding hydrogens is 340 g/mol. The summed E-state index contributed by atoms with van der Waals surface area (Å²) in [5.41, 5.74) is 2.63. The molecule has 0 aliphatic carbocycles. The van der Waals surface area contributed by atoms with Gasteiger partial charge in [-0.2, -0.15) is 5.10 Å². The molecule has 2 heterocycles. The molecule has 6 heteroatoms. The number of ether oxygens (including phenoxy) is 1. The van der Waals surface area contributed by atoms with Crippen molar-refractivity contribution < 1.29 is 9.53 Å². The lowest BCUT2D eigenvalue weighted by Crippen LogP contribution is -2.61. The van der Waals surface area contributed by atoms with E-state index in [-0.39, 0.29) is 5.91 Å². The molecule has 0 saturated carbocycles. The predicted molar refractivity (Wildman–Crippen MR) is 106 cm³/mol. The highest BCUT2D eigenvalue weighted by Crippen LogP contribution is 2.29. The highest BCUT2D eigenvalue weighted by atomic mass is 16.5. The Labute approximate surface area is 158 Å². The second kappa shape index (κ2) is 6.70. The summed E-state index contributed by atoms with van der Waals surface area (Å²) < 4.78 is 5.30. The molecule has 0 spiro atoms. The fourth-order valence-electron chi connectivity index (χ4n) is 3.61. The van der Waals surface area contributed by atoms with Crippen LogP contribution in [-0.4, -0.2) is 46.7 Å². The Balaban J connectivity index is 1.65. The zero-order chi connectivity index (χ0) is 19.0. The maximum absolute atomic E-state index is 12.2. The Morgan fingerprint density at radius 3 is 2.78 bits per heavy atom. The fraction of sp³-hybridized carbons (Fsp3) is 0.333. The number of benzene rings is 2. The molecule has 0 bridgehead atoms. The van der Waals surface area contributed by atoms with Crippen molar-refractivity contribution in [3.8, 4) is 17.0 Å². The molecule has 1 aromatic heterocycles. The highest BCUT2D eigenvalue weighted by Gasteiger charge is 2.37. The van der Waals surface area contributed by atoms with Crippen LogP contribution in [0.3, 0.4) is 0 Å². The number of amides is 1. The number of methoxy groups -OCH3 is 1. The molecule has 1 fully saturated rings. The van der Waals surface area contributed by atoms with Gasteiger partial charge in [0.25, 0.3) is 0 Å². The summed E-state index contributed by atoms with van der Waals surface area (Å²) in [6, 6.07) is 12.4. The van der Waals surface area contributed by atoms with E-state index in [9.17, 15) is 4.79 Å². The summed E-state index contributed by atoms with van der Waals surface area (Å²) >= 11 is 0. The molecule has 140 valence electrons. The maximum Gasteiger partial charge on any atom is 0.240 e. The van der Waals surface area contributed by atoms with Gasteiger partial charge in [0.15, 0.2) is 0 Å². The summed E-state index contributed by atoms with van der Waals surface area (Å²) in [6.45, 7) is 6.09. The third-order valence-corrected chi connectivity index (χ3v) is 5.43. The minimum absolute atomic E-state index is 0.0680.